The lowest BCUT2D eigenvalue weighted by Crippen LogP contribution is -2.44. The molecule has 0 aliphatic heterocycles. The fourth-order valence-corrected chi connectivity index (χ4v) is 4.54. The molecular formula is C29H32N4O3. The molecule has 2 fully saturated rings. The van der Waals surface area contributed by atoms with Gasteiger partial charge < -0.3 is 15.0 Å². The minimum Gasteiger partial charge on any atom is -0.444 e. The lowest BCUT2D eigenvalue weighted by atomic mass is 9.88. The molecule has 0 bridgehead atoms. The predicted molar refractivity (Wildman–Crippen MR) is 139 cm³/mol. The summed E-state index contributed by atoms with van der Waals surface area (Å²) >= 11 is 0. The number of carbonyl (C=O) groups is 2. The van der Waals surface area contributed by atoms with Crippen molar-refractivity contribution in [3.05, 3.63) is 71.4 Å². The van der Waals surface area contributed by atoms with Gasteiger partial charge in [-0.1, -0.05) is 30.3 Å². The van der Waals surface area contributed by atoms with Crippen LogP contribution < -0.4 is 5.32 Å². The Kier molecular flexibility index (Phi) is 7.25. The highest BCUT2D eigenvalue weighted by molar-refractivity contribution is 6.00. The van der Waals surface area contributed by atoms with E-state index in [0.717, 1.165) is 36.0 Å². The molecule has 2 aromatic rings. The first-order valence-corrected chi connectivity index (χ1v) is 12.3. The number of alkyl carbamates (subject to hydrolysis) is 1. The zero-order chi connectivity index (χ0) is 25.9. The fraction of sp³-hybridized carbons (Fsp3) is 0.379. The summed E-state index contributed by atoms with van der Waals surface area (Å²) in [6.07, 6.45) is 4.73. The van der Waals surface area contributed by atoms with Crippen LogP contribution in [0.15, 0.2) is 60.3 Å². The molecule has 1 atom stereocenters. The Balaban J connectivity index is 1.50. The number of benzene rings is 2. The molecule has 36 heavy (non-hydrogen) atoms. The number of carbonyl (C=O) groups excluding carboxylic acids is 2. The van der Waals surface area contributed by atoms with E-state index in [4.69, 9.17) is 10.1 Å². The maximum atomic E-state index is 13.6. The Morgan fingerprint density at radius 3 is 2.42 bits per heavy atom. The highest BCUT2D eigenvalue weighted by atomic mass is 16.6. The summed E-state index contributed by atoms with van der Waals surface area (Å²) in [6.45, 7) is 5.39. The fourth-order valence-electron chi connectivity index (χ4n) is 4.54. The van der Waals surface area contributed by atoms with E-state index >= 15 is 0 Å². The third kappa shape index (κ3) is 6.01. The Labute approximate surface area is 212 Å². The van der Waals surface area contributed by atoms with E-state index < -0.39 is 11.7 Å². The minimum absolute atomic E-state index is 0.0181. The van der Waals surface area contributed by atoms with Gasteiger partial charge in [0, 0.05) is 29.6 Å². The first-order valence-electron chi connectivity index (χ1n) is 12.3. The van der Waals surface area contributed by atoms with Crippen LogP contribution >= 0.6 is 0 Å². The molecule has 7 nitrogen and oxygen atoms in total. The largest absolute Gasteiger partial charge is 0.444 e. The third-order valence-electron chi connectivity index (χ3n) is 6.39. The molecular weight excluding hydrogens is 452 g/mol. The van der Waals surface area contributed by atoms with Crippen molar-refractivity contribution in [1.29, 1.82) is 10.7 Å². The van der Waals surface area contributed by atoms with Gasteiger partial charge in [-0.2, -0.15) is 5.26 Å². The molecule has 186 valence electrons. The van der Waals surface area contributed by atoms with Crippen LogP contribution in [0.25, 0.3) is 11.1 Å². The van der Waals surface area contributed by atoms with Gasteiger partial charge in [0.15, 0.2) is 0 Å². The number of amides is 2. The van der Waals surface area contributed by atoms with Gasteiger partial charge in [-0.05, 0) is 87.8 Å². The molecule has 0 heterocycles. The quantitative estimate of drug-likeness (QED) is 0.558. The molecule has 7 heteroatoms. The normalized spacial score (nSPS) is 18.9. The van der Waals surface area contributed by atoms with Crippen LogP contribution in [0.2, 0.25) is 0 Å². The van der Waals surface area contributed by atoms with E-state index in [0.29, 0.717) is 29.7 Å². The summed E-state index contributed by atoms with van der Waals surface area (Å²) in [4.78, 5) is 27.7. The number of rotatable bonds is 5. The van der Waals surface area contributed by atoms with E-state index in [2.05, 4.69) is 11.4 Å². The van der Waals surface area contributed by atoms with E-state index in [1.165, 1.54) is 0 Å². The SMILES string of the molecule is CC(C)(C)OC(=O)N/C=C1/CC(N(C(=O)c2ccc(-c3ccccc3C#N)cc2)C2CC2)CCC1=N. The molecule has 0 aromatic heterocycles. The van der Waals surface area contributed by atoms with Crippen molar-refractivity contribution in [2.45, 2.75) is 70.6 Å². The molecule has 2 aliphatic carbocycles. The summed E-state index contributed by atoms with van der Waals surface area (Å²) in [6, 6.07) is 17.2. The standard InChI is InChI=1S/C29H32N4O3/c1-29(2,3)36-28(35)32-18-22-16-24(14-15-26(22)31)33(23-12-13-23)27(34)20-10-8-19(9-11-20)25-7-5-4-6-21(25)17-30/h4-11,18,23-24,31H,12-16H2,1-3H3,(H,32,35)/b22-18-,31-26?. The lowest BCUT2D eigenvalue weighted by Gasteiger charge is -2.36. The molecule has 2 N–H and O–H groups in total. The van der Waals surface area contributed by atoms with Crippen molar-refractivity contribution in [2.24, 2.45) is 0 Å². The van der Waals surface area contributed by atoms with Gasteiger partial charge in [0.1, 0.15) is 5.60 Å². The number of nitrogens with one attached hydrogen (secondary N) is 2. The van der Waals surface area contributed by atoms with Gasteiger partial charge in [0.2, 0.25) is 0 Å². The van der Waals surface area contributed by atoms with Crippen LogP contribution in [0.5, 0.6) is 0 Å². The summed E-state index contributed by atoms with van der Waals surface area (Å²) in [5.74, 6) is -0.0181. The van der Waals surface area contributed by atoms with Gasteiger partial charge in [0.25, 0.3) is 5.91 Å². The van der Waals surface area contributed by atoms with E-state index in [1.54, 1.807) is 33.0 Å². The maximum absolute atomic E-state index is 13.6. The number of hydrogen-bond donors (Lipinski definition) is 2. The first-order chi connectivity index (χ1) is 17.2. The number of nitriles is 1. The van der Waals surface area contributed by atoms with Crippen LogP contribution in [-0.4, -0.2) is 40.3 Å². The molecule has 0 radical (unpaired) electrons. The first kappa shape index (κ1) is 25.2. The highest BCUT2D eigenvalue weighted by Crippen LogP contribution is 2.36. The van der Waals surface area contributed by atoms with Gasteiger partial charge >= 0.3 is 6.09 Å². The van der Waals surface area contributed by atoms with Crippen molar-refractivity contribution in [3.63, 3.8) is 0 Å². The average Bonchev–Trinajstić information content (AvgIpc) is 3.68. The highest BCUT2D eigenvalue weighted by Gasteiger charge is 2.39. The second-order valence-electron chi connectivity index (χ2n) is 10.4. The van der Waals surface area contributed by atoms with Crippen LogP contribution in [0.4, 0.5) is 4.79 Å². The van der Waals surface area contributed by atoms with Crippen LogP contribution in [0.3, 0.4) is 0 Å². The average molecular weight is 485 g/mol. The smallest absolute Gasteiger partial charge is 0.411 e. The Hall–Kier alpha value is -3.92. The van der Waals surface area contributed by atoms with Crippen LogP contribution in [-0.2, 0) is 4.74 Å². The van der Waals surface area contributed by atoms with Crippen molar-refractivity contribution in [3.8, 4) is 17.2 Å². The molecule has 4 rings (SSSR count). The van der Waals surface area contributed by atoms with Crippen molar-refractivity contribution < 1.29 is 14.3 Å². The molecule has 2 aliphatic rings. The second-order valence-corrected chi connectivity index (χ2v) is 10.4. The summed E-state index contributed by atoms with van der Waals surface area (Å²) < 4.78 is 5.29. The van der Waals surface area contributed by atoms with Gasteiger partial charge in [-0.15, -0.1) is 0 Å². The zero-order valence-electron chi connectivity index (χ0n) is 21.0. The second kappa shape index (κ2) is 10.4. The minimum atomic E-state index is -0.605. The molecule has 2 aromatic carbocycles. The molecule has 1 unspecified atom stereocenters. The van der Waals surface area contributed by atoms with Crippen molar-refractivity contribution in [2.75, 3.05) is 0 Å². The van der Waals surface area contributed by atoms with Gasteiger partial charge in [-0.3, -0.25) is 10.1 Å². The Morgan fingerprint density at radius 2 is 1.78 bits per heavy atom. The maximum Gasteiger partial charge on any atom is 0.411 e. The van der Waals surface area contributed by atoms with E-state index in [9.17, 15) is 14.9 Å². The molecule has 0 spiro atoms. The monoisotopic (exact) mass is 484 g/mol. The Bertz CT molecular complexity index is 1230. The number of nitrogens with zero attached hydrogens (tertiary/aromatic N) is 2. The summed E-state index contributed by atoms with van der Waals surface area (Å²) in [5, 5.41) is 20.4. The molecule has 2 saturated carbocycles. The molecule has 0 saturated heterocycles. The zero-order valence-corrected chi connectivity index (χ0v) is 21.0. The van der Waals surface area contributed by atoms with Gasteiger partial charge in [-0.25, -0.2) is 4.79 Å². The van der Waals surface area contributed by atoms with Crippen molar-refractivity contribution in [1.82, 2.24) is 10.2 Å². The third-order valence-corrected chi connectivity index (χ3v) is 6.39. The summed E-state index contributed by atoms with van der Waals surface area (Å²) in [5.41, 5.74) is 3.54. The Morgan fingerprint density at radius 1 is 1.08 bits per heavy atom. The van der Waals surface area contributed by atoms with E-state index in [1.807, 2.05) is 47.4 Å². The van der Waals surface area contributed by atoms with E-state index in [-0.39, 0.29) is 18.0 Å². The van der Waals surface area contributed by atoms with Crippen molar-refractivity contribution >= 4 is 17.7 Å². The predicted octanol–water partition coefficient (Wildman–Crippen LogP) is 5.81. The molecule has 2 amide bonds. The van der Waals surface area contributed by atoms with Crippen LogP contribution in [0, 0.1) is 16.7 Å². The topological polar surface area (TPSA) is 106 Å². The van der Waals surface area contributed by atoms with Crippen LogP contribution in [0.1, 0.15) is 68.8 Å². The number of hydrogen-bond acceptors (Lipinski definition) is 5. The lowest BCUT2D eigenvalue weighted by molar-refractivity contribution is 0.0549. The van der Waals surface area contributed by atoms with Gasteiger partial charge in [0.05, 0.1) is 11.6 Å². The summed E-state index contributed by atoms with van der Waals surface area (Å²) in [7, 11) is 0. The number of ether oxygens (including phenoxy) is 1.